The van der Waals surface area contributed by atoms with Gasteiger partial charge in [0.05, 0.1) is 13.2 Å². The van der Waals surface area contributed by atoms with E-state index in [1.165, 1.54) is 44.9 Å². The summed E-state index contributed by atoms with van der Waals surface area (Å²) in [6, 6.07) is 0. The highest BCUT2D eigenvalue weighted by molar-refractivity contribution is 5.69. The van der Waals surface area contributed by atoms with E-state index < -0.39 is 0 Å². The van der Waals surface area contributed by atoms with Crippen LogP contribution in [0.1, 0.15) is 194 Å². The van der Waals surface area contributed by atoms with Gasteiger partial charge in [-0.1, -0.05) is 135 Å². The maximum absolute atomic E-state index is 12.6. The Kier molecular flexibility index (Phi) is 36.8. The van der Waals surface area contributed by atoms with E-state index in [-0.39, 0.29) is 24.6 Å². The van der Waals surface area contributed by atoms with Gasteiger partial charge in [-0.25, -0.2) is 0 Å². The molecule has 0 aliphatic rings. The van der Waals surface area contributed by atoms with E-state index in [4.69, 9.17) is 9.47 Å². The summed E-state index contributed by atoms with van der Waals surface area (Å²) in [4.78, 5) is 26.9. The lowest BCUT2D eigenvalue weighted by atomic mass is 10.1. The molecule has 0 aromatic carbocycles. The second-order valence-corrected chi connectivity index (χ2v) is 13.7. The van der Waals surface area contributed by atoms with Crippen molar-refractivity contribution < 1.29 is 24.2 Å². The lowest BCUT2D eigenvalue weighted by Gasteiger charge is -2.21. The van der Waals surface area contributed by atoms with Crippen LogP contribution in [-0.4, -0.2) is 60.9 Å². The van der Waals surface area contributed by atoms with E-state index in [1.807, 2.05) is 0 Å². The molecule has 0 saturated carbocycles. The third-order valence-corrected chi connectivity index (χ3v) is 9.01. The van der Waals surface area contributed by atoms with Crippen molar-refractivity contribution in [1.82, 2.24) is 4.90 Å². The largest absolute Gasteiger partial charge is 0.466 e. The van der Waals surface area contributed by atoms with Gasteiger partial charge in [0.1, 0.15) is 6.10 Å². The first kappa shape index (κ1) is 46.3. The van der Waals surface area contributed by atoms with Crippen LogP contribution >= 0.6 is 0 Å². The molecule has 0 radical (unpaired) electrons. The highest BCUT2D eigenvalue weighted by Gasteiger charge is 2.13. The summed E-state index contributed by atoms with van der Waals surface area (Å²) in [7, 11) is 0. The van der Waals surface area contributed by atoms with Crippen LogP contribution in [0.25, 0.3) is 0 Å². The first-order valence-corrected chi connectivity index (χ1v) is 20.6. The number of esters is 2. The molecule has 0 rings (SSSR count). The van der Waals surface area contributed by atoms with Crippen molar-refractivity contribution in [3.05, 3.63) is 24.3 Å². The van der Waals surface area contributed by atoms with Crippen LogP contribution in [-0.2, 0) is 19.1 Å². The van der Waals surface area contributed by atoms with Gasteiger partial charge in [-0.3, -0.25) is 9.59 Å². The normalized spacial score (nSPS) is 12.4. The summed E-state index contributed by atoms with van der Waals surface area (Å²) in [6.45, 7) is 10.2. The van der Waals surface area contributed by atoms with Crippen LogP contribution in [0.2, 0.25) is 0 Å². The molecule has 1 N–H and O–H groups in total. The van der Waals surface area contributed by atoms with Gasteiger partial charge >= 0.3 is 11.9 Å². The van der Waals surface area contributed by atoms with E-state index in [2.05, 4.69) is 50.0 Å². The predicted molar refractivity (Wildman–Crippen MR) is 204 cm³/mol. The number of aliphatic hydroxyl groups is 1. The summed E-state index contributed by atoms with van der Waals surface area (Å²) in [5.74, 6) is -0.0747. The zero-order valence-corrected chi connectivity index (χ0v) is 32.0. The third kappa shape index (κ3) is 34.2. The van der Waals surface area contributed by atoms with Crippen LogP contribution in [0.3, 0.4) is 0 Å². The molecular weight excluding hydrogens is 598 g/mol. The minimum absolute atomic E-state index is 0.0143. The molecule has 1 unspecified atom stereocenters. The van der Waals surface area contributed by atoms with Crippen molar-refractivity contribution >= 4 is 11.9 Å². The SMILES string of the molecule is CCC/C=C\CCC(CC/C=C\CCCC)OC(=O)CCCCCCCN(CCO)CCCCCCCC(=O)OCCCCCCCC. The maximum Gasteiger partial charge on any atom is 0.306 e. The molecule has 0 amide bonds. The number of nitrogens with zero attached hydrogens (tertiary/aromatic N) is 1. The molecule has 0 fully saturated rings. The molecule has 6 nitrogen and oxygen atoms in total. The summed E-state index contributed by atoms with van der Waals surface area (Å²) < 4.78 is 11.3. The second-order valence-electron chi connectivity index (χ2n) is 13.7. The molecule has 0 saturated heterocycles. The Morgan fingerprint density at radius 2 is 1.04 bits per heavy atom. The fourth-order valence-electron chi connectivity index (χ4n) is 5.92. The molecule has 0 heterocycles. The average Bonchev–Trinajstić information content (AvgIpc) is 3.08. The maximum atomic E-state index is 12.6. The molecule has 6 heteroatoms. The van der Waals surface area contributed by atoms with Crippen molar-refractivity contribution in [3.63, 3.8) is 0 Å². The van der Waals surface area contributed by atoms with Crippen molar-refractivity contribution in [2.45, 2.75) is 200 Å². The number of hydrogen-bond acceptors (Lipinski definition) is 6. The topological polar surface area (TPSA) is 76.1 Å². The Labute approximate surface area is 297 Å². The van der Waals surface area contributed by atoms with Gasteiger partial charge in [0.15, 0.2) is 0 Å². The zero-order valence-electron chi connectivity index (χ0n) is 32.0. The minimum Gasteiger partial charge on any atom is -0.466 e. The van der Waals surface area contributed by atoms with Crippen molar-refractivity contribution in [2.24, 2.45) is 0 Å². The Hall–Kier alpha value is -1.66. The molecule has 282 valence electrons. The predicted octanol–water partition coefficient (Wildman–Crippen LogP) is 11.4. The van der Waals surface area contributed by atoms with E-state index in [0.717, 1.165) is 135 Å². The van der Waals surface area contributed by atoms with Gasteiger partial charge in [-0.15, -0.1) is 0 Å². The first-order valence-electron chi connectivity index (χ1n) is 20.6. The summed E-state index contributed by atoms with van der Waals surface area (Å²) in [5.41, 5.74) is 0. The molecule has 0 spiro atoms. The quantitative estimate of drug-likeness (QED) is 0.0401. The standard InChI is InChI=1S/C42H79NO5/c1-4-7-10-13-18-25-32-40(31-24-17-12-9-6-3)48-42(46)34-27-20-16-22-29-36-43(37-38-44)35-28-21-15-19-26-33-41(45)47-39-30-23-14-11-8-5-2/h12-13,17-18,40,44H,4-11,14-16,19-39H2,1-3H3/b17-12-,18-13-. The number of ether oxygens (including phenoxy) is 2. The zero-order chi connectivity index (χ0) is 35.2. The van der Waals surface area contributed by atoms with Crippen molar-refractivity contribution in [1.29, 1.82) is 0 Å². The van der Waals surface area contributed by atoms with Crippen LogP contribution in [0, 0.1) is 0 Å². The lowest BCUT2D eigenvalue weighted by molar-refractivity contribution is -0.150. The Bertz CT molecular complexity index is 752. The molecule has 1 atom stereocenters. The molecule has 0 aliphatic carbocycles. The molecule has 0 bridgehead atoms. The van der Waals surface area contributed by atoms with Crippen LogP contribution < -0.4 is 0 Å². The number of aliphatic hydroxyl groups excluding tert-OH is 1. The summed E-state index contributed by atoms with van der Waals surface area (Å²) in [6.07, 6.45) is 37.8. The molecule has 0 aromatic heterocycles. The monoisotopic (exact) mass is 678 g/mol. The van der Waals surface area contributed by atoms with Gasteiger partial charge in [0.25, 0.3) is 0 Å². The average molecular weight is 678 g/mol. The Morgan fingerprint density at radius 1 is 0.542 bits per heavy atom. The van der Waals surface area contributed by atoms with E-state index in [1.54, 1.807) is 0 Å². The fraction of sp³-hybridized carbons (Fsp3) is 0.857. The molecular formula is C42H79NO5. The van der Waals surface area contributed by atoms with Gasteiger partial charge in [-0.05, 0) is 83.7 Å². The van der Waals surface area contributed by atoms with Crippen LogP contribution in [0.5, 0.6) is 0 Å². The Morgan fingerprint density at radius 3 is 1.62 bits per heavy atom. The van der Waals surface area contributed by atoms with E-state index in [0.29, 0.717) is 19.4 Å². The van der Waals surface area contributed by atoms with Gasteiger partial charge in [-0.2, -0.15) is 0 Å². The third-order valence-electron chi connectivity index (χ3n) is 9.01. The van der Waals surface area contributed by atoms with Gasteiger partial charge < -0.3 is 19.5 Å². The highest BCUT2D eigenvalue weighted by Crippen LogP contribution is 2.15. The van der Waals surface area contributed by atoms with E-state index >= 15 is 0 Å². The second kappa shape index (κ2) is 38.1. The number of allylic oxidation sites excluding steroid dienone is 4. The highest BCUT2D eigenvalue weighted by atomic mass is 16.5. The fourth-order valence-corrected chi connectivity index (χ4v) is 5.92. The van der Waals surface area contributed by atoms with Gasteiger partial charge in [0.2, 0.25) is 0 Å². The molecule has 0 aliphatic heterocycles. The molecule has 0 aromatic rings. The van der Waals surface area contributed by atoms with Crippen LogP contribution in [0.15, 0.2) is 24.3 Å². The van der Waals surface area contributed by atoms with E-state index in [9.17, 15) is 14.7 Å². The van der Waals surface area contributed by atoms with Crippen LogP contribution in [0.4, 0.5) is 0 Å². The van der Waals surface area contributed by atoms with Crippen molar-refractivity contribution in [2.75, 3.05) is 32.8 Å². The van der Waals surface area contributed by atoms with Crippen molar-refractivity contribution in [3.8, 4) is 0 Å². The minimum atomic E-state index is -0.0377. The number of carbonyl (C=O) groups is 2. The number of rotatable bonds is 37. The summed E-state index contributed by atoms with van der Waals surface area (Å²) in [5, 5.41) is 9.51. The van der Waals surface area contributed by atoms with Gasteiger partial charge in [0, 0.05) is 19.4 Å². The number of carbonyl (C=O) groups excluding carboxylic acids is 2. The first-order chi connectivity index (χ1) is 23.6. The number of hydrogen-bond donors (Lipinski definition) is 1. The Balaban J connectivity index is 3.98. The smallest absolute Gasteiger partial charge is 0.306 e. The number of unbranched alkanes of at least 4 members (excludes halogenated alkanes) is 16. The lowest BCUT2D eigenvalue weighted by Crippen LogP contribution is -2.29. The summed E-state index contributed by atoms with van der Waals surface area (Å²) >= 11 is 0. The molecule has 48 heavy (non-hydrogen) atoms.